The van der Waals surface area contributed by atoms with E-state index in [-0.39, 0.29) is 29.7 Å². The minimum atomic E-state index is -0.218. The molecule has 0 amide bonds. The Morgan fingerprint density at radius 1 is 1.14 bits per heavy atom. The van der Waals surface area contributed by atoms with Crippen LogP contribution in [-0.4, -0.2) is 0 Å². The van der Waals surface area contributed by atoms with Crippen molar-refractivity contribution in [3.05, 3.63) is 35.6 Å². The van der Waals surface area contributed by atoms with Crippen molar-refractivity contribution in [2.24, 2.45) is 11.1 Å². The summed E-state index contributed by atoms with van der Waals surface area (Å²) in [5, 5.41) is 0. The first-order valence-electron chi connectivity index (χ1n) is 4.42. The van der Waals surface area contributed by atoms with Crippen molar-refractivity contribution in [1.82, 2.24) is 0 Å². The molecule has 1 aromatic carbocycles. The van der Waals surface area contributed by atoms with E-state index in [1.54, 1.807) is 12.1 Å². The number of rotatable bonds is 1. The summed E-state index contributed by atoms with van der Waals surface area (Å²) in [5.74, 6) is -0.218. The summed E-state index contributed by atoms with van der Waals surface area (Å²) >= 11 is 0. The summed E-state index contributed by atoms with van der Waals surface area (Å²) in [5.41, 5.74) is 6.99. The van der Waals surface area contributed by atoms with Crippen LogP contribution in [0, 0.1) is 11.2 Å². The Labute approximate surface area is 90.9 Å². The first-order valence-corrected chi connectivity index (χ1v) is 4.42. The Morgan fingerprint density at radius 3 is 1.93 bits per heavy atom. The van der Waals surface area contributed by atoms with Crippen molar-refractivity contribution in [3.63, 3.8) is 0 Å². The minimum Gasteiger partial charge on any atom is -0.324 e. The minimum absolute atomic E-state index is 0. The van der Waals surface area contributed by atoms with Gasteiger partial charge in [0.15, 0.2) is 0 Å². The van der Waals surface area contributed by atoms with Crippen molar-refractivity contribution in [2.45, 2.75) is 26.8 Å². The molecule has 1 aromatic rings. The molecule has 0 spiro atoms. The van der Waals surface area contributed by atoms with Crippen molar-refractivity contribution < 1.29 is 4.39 Å². The van der Waals surface area contributed by atoms with Crippen molar-refractivity contribution >= 4 is 12.4 Å². The molecule has 14 heavy (non-hydrogen) atoms. The van der Waals surface area contributed by atoms with Crippen LogP contribution in [0.2, 0.25) is 0 Å². The van der Waals surface area contributed by atoms with Gasteiger partial charge in [-0.05, 0) is 23.1 Å². The van der Waals surface area contributed by atoms with E-state index < -0.39 is 0 Å². The highest BCUT2D eigenvalue weighted by molar-refractivity contribution is 5.85. The zero-order valence-corrected chi connectivity index (χ0v) is 9.57. The number of hydrogen-bond donors (Lipinski definition) is 1. The molecule has 0 aliphatic rings. The summed E-state index contributed by atoms with van der Waals surface area (Å²) in [6.07, 6.45) is 0. The molecule has 0 unspecified atom stereocenters. The van der Waals surface area contributed by atoms with Gasteiger partial charge in [-0.2, -0.15) is 0 Å². The fourth-order valence-electron chi connectivity index (χ4n) is 1.17. The third kappa shape index (κ3) is 3.28. The second-order valence-electron chi connectivity index (χ2n) is 4.40. The lowest BCUT2D eigenvalue weighted by molar-refractivity contribution is 0.327. The molecule has 0 saturated heterocycles. The molecular formula is C11H17ClFN. The maximum Gasteiger partial charge on any atom is 0.123 e. The highest BCUT2D eigenvalue weighted by Gasteiger charge is 2.21. The van der Waals surface area contributed by atoms with Crippen LogP contribution in [0.4, 0.5) is 4.39 Å². The Bertz CT molecular complexity index is 276. The molecule has 80 valence electrons. The average molecular weight is 218 g/mol. The summed E-state index contributed by atoms with van der Waals surface area (Å²) in [4.78, 5) is 0. The van der Waals surface area contributed by atoms with Gasteiger partial charge in [-0.15, -0.1) is 12.4 Å². The van der Waals surface area contributed by atoms with Crippen molar-refractivity contribution in [2.75, 3.05) is 0 Å². The lowest BCUT2D eigenvalue weighted by atomic mass is 9.83. The molecule has 0 aliphatic heterocycles. The summed E-state index contributed by atoms with van der Waals surface area (Å²) in [6.45, 7) is 6.21. The van der Waals surface area contributed by atoms with Gasteiger partial charge in [0.1, 0.15) is 5.82 Å². The quantitative estimate of drug-likeness (QED) is 0.768. The third-order valence-corrected chi connectivity index (χ3v) is 2.16. The van der Waals surface area contributed by atoms with Gasteiger partial charge in [0, 0.05) is 6.04 Å². The molecule has 0 radical (unpaired) electrons. The van der Waals surface area contributed by atoms with E-state index in [1.165, 1.54) is 12.1 Å². The van der Waals surface area contributed by atoms with Crippen LogP contribution in [0.15, 0.2) is 24.3 Å². The zero-order valence-electron chi connectivity index (χ0n) is 8.75. The maximum absolute atomic E-state index is 12.6. The molecule has 0 aromatic heterocycles. The predicted molar refractivity (Wildman–Crippen MR) is 60.0 cm³/mol. The highest BCUT2D eigenvalue weighted by atomic mass is 35.5. The van der Waals surface area contributed by atoms with Crippen LogP contribution in [0.25, 0.3) is 0 Å². The second kappa shape index (κ2) is 4.76. The molecule has 3 heteroatoms. The Hall–Kier alpha value is -0.600. The summed E-state index contributed by atoms with van der Waals surface area (Å²) in [7, 11) is 0. The molecule has 1 nitrogen and oxygen atoms in total. The first kappa shape index (κ1) is 13.4. The fraction of sp³-hybridized carbons (Fsp3) is 0.455. The van der Waals surface area contributed by atoms with Crippen LogP contribution in [0.1, 0.15) is 32.4 Å². The van der Waals surface area contributed by atoms with Gasteiger partial charge in [0.05, 0.1) is 0 Å². The van der Waals surface area contributed by atoms with Gasteiger partial charge in [0.2, 0.25) is 0 Å². The highest BCUT2D eigenvalue weighted by Crippen LogP contribution is 2.30. The topological polar surface area (TPSA) is 26.0 Å². The lowest BCUT2D eigenvalue weighted by Crippen LogP contribution is -2.26. The van der Waals surface area contributed by atoms with E-state index in [1.807, 2.05) is 0 Å². The van der Waals surface area contributed by atoms with Crippen LogP contribution < -0.4 is 5.73 Å². The van der Waals surface area contributed by atoms with Crippen molar-refractivity contribution in [3.8, 4) is 0 Å². The number of benzene rings is 1. The van der Waals surface area contributed by atoms with Gasteiger partial charge >= 0.3 is 0 Å². The molecule has 1 rings (SSSR count). The van der Waals surface area contributed by atoms with Crippen LogP contribution in [0.5, 0.6) is 0 Å². The number of nitrogens with two attached hydrogens (primary N) is 1. The van der Waals surface area contributed by atoms with E-state index in [4.69, 9.17) is 5.73 Å². The predicted octanol–water partition coefficient (Wildman–Crippen LogP) is 3.29. The van der Waals surface area contributed by atoms with Gasteiger partial charge in [0.25, 0.3) is 0 Å². The maximum atomic E-state index is 12.6. The molecule has 0 saturated carbocycles. The van der Waals surface area contributed by atoms with Crippen LogP contribution in [0.3, 0.4) is 0 Å². The monoisotopic (exact) mass is 217 g/mol. The Balaban J connectivity index is 0.00000169. The number of halogens is 2. The Morgan fingerprint density at radius 2 is 1.57 bits per heavy atom. The molecule has 0 heterocycles. The zero-order chi connectivity index (χ0) is 10.1. The van der Waals surface area contributed by atoms with Crippen LogP contribution >= 0.6 is 12.4 Å². The molecular weight excluding hydrogens is 201 g/mol. The average Bonchev–Trinajstić information content (AvgIpc) is 2.03. The van der Waals surface area contributed by atoms with Gasteiger partial charge < -0.3 is 5.73 Å². The summed E-state index contributed by atoms with van der Waals surface area (Å²) in [6, 6.07) is 6.33. The second-order valence-corrected chi connectivity index (χ2v) is 4.40. The number of hydrogen-bond acceptors (Lipinski definition) is 1. The Kier molecular flexibility index (Phi) is 4.56. The smallest absolute Gasteiger partial charge is 0.123 e. The normalized spacial score (nSPS) is 13.2. The molecule has 0 aliphatic carbocycles. The van der Waals surface area contributed by atoms with E-state index in [9.17, 15) is 4.39 Å². The molecule has 2 N–H and O–H groups in total. The van der Waals surface area contributed by atoms with Gasteiger partial charge in [-0.3, -0.25) is 0 Å². The standard InChI is InChI=1S/C11H16FN.ClH/c1-11(2,3)10(13)8-4-6-9(12)7-5-8;/h4-7,10H,13H2,1-3H3;1H/t10-;/m1./s1. The molecule has 0 bridgehead atoms. The van der Waals surface area contributed by atoms with Crippen molar-refractivity contribution in [1.29, 1.82) is 0 Å². The third-order valence-electron chi connectivity index (χ3n) is 2.16. The summed E-state index contributed by atoms with van der Waals surface area (Å²) < 4.78 is 12.6. The fourth-order valence-corrected chi connectivity index (χ4v) is 1.17. The molecule has 1 atom stereocenters. The van der Waals surface area contributed by atoms with E-state index in [2.05, 4.69) is 20.8 Å². The van der Waals surface area contributed by atoms with Gasteiger partial charge in [-0.25, -0.2) is 4.39 Å². The van der Waals surface area contributed by atoms with E-state index in [0.717, 1.165) is 5.56 Å². The SMILES string of the molecule is CC(C)(C)[C@H](N)c1ccc(F)cc1.Cl. The van der Waals surface area contributed by atoms with Gasteiger partial charge in [-0.1, -0.05) is 32.9 Å². The van der Waals surface area contributed by atoms with E-state index >= 15 is 0 Å². The van der Waals surface area contributed by atoms with E-state index in [0.29, 0.717) is 0 Å². The lowest BCUT2D eigenvalue weighted by Gasteiger charge is -2.27. The molecule has 0 fully saturated rings. The first-order chi connectivity index (χ1) is 5.91. The largest absolute Gasteiger partial charge is 0.324 e. The van der Waals surface area contributed by atoms with Crippen LogP contribution in [-0.2, 0) is 0 Å².